The van der Waals surface area contributed by atoms with Crippen molar-refractivity contribution in [3.05, 3.63) is 42.0 Å². The molecule has 0 spiro atoms. The van der Waals surface area contributed by atoms with Crippen LogP contribution >= 0.6 is 0 Å². The maximum Gasteiger partial charge on any atom is 0.248 e. The van der Waals surface area contributed by atoms with Gasteiger partial charge in [-0.1, -0.05) is 44.2 Å². The fraction of sp³-hybridized carbons (Fsp3) is 0.643. The second-order valence-electron chi connectivity index (χ2n) is 9.90. The Kier molecular flexibility index (Phi) is 13.8. The van der Waals surface area contributed by atoms with Crippen LogP contribution in [0.25, 0.3) is 6.08 Å². The van der Waals surface area contributed by atoms with Crippen LogP contribution in [-0.4, -0.2) is 110 Å². The molecule has 1 aromatic carbocycles. The Hall–Kier alpha value is -2.30. The number of ether oxygens (including phenoxy) is 3. The molecule has 9 nitrogen and oxygen atoms in total. The fourth-order valence-electron chi connectivity index (χ4n) is 4.47. The van der Waals surface area contributed by atoms with Gasteiger partial charge >= 0.3 is 0 Å². The number of hydrogen-bond donors (Lipinski definition) is 2. The molecule has 2 amide bonds. The third kappa shape index (κ3) is 10.5. The summed E-state index contributed by atoms with van der Waals surface area (Å²) in [5, 5.41) is 21.1. The van der Waals surface area contributed by atoms with Crippen molar-refractivity contribution < 1.29 is 34.0 Å². The fourth-order valence-corrected chi connectivity index (χ4v) is 4.47. The van der Waals surface area contributed by atoms with Gasteiger partial charge in [-0.25, -0.2) is 0 Å². The molecule has 0 aromatic heterocycles. The maximum atomic E-state index is 13.5. The summed E-state index contributed by atoms with van der Waals surface area (Å²) in [6.45, 7) is 5.17. The van der Waals surface area contributed by atoms with E-state index in [9.17, 15) is 19.8 Å². The van der Waals surface area contributed by atoms with E-state index in [0.717, 1.165) is 5.56 Å². The lowest BCUT2D eigenvalue weighted by atomic mass is 10.00. The van der Waals surface area contributed by atoms with Crippen LogP contribution < -0.4 is 0 Å². The van der Waals surface area contributed by atoms with Crippen LogP contribution in [0.4, 0.5) is 0 Å². The zero-order chi connectivity index (χ0) is 27.2. The van der Waals surface area contributed by atoms with E-state index in [1.54, 1.807) is 17.1 Å². The van der Waals surface area contributed by atoms with Crippen LogP contribution in [-0.2, 0) is 23.8 Å². The summed E-state index contributed by atoms with van der Waals surface area (Å²) in [7, 11) is 2.88. The minimum Gasteiger partial charge on any atom is -0.388 e. The first-order valence-electron chi connectivity index (χ1n) is 13.0. The predicted molar refractivity (Wildman–Crippen MR) is 142 cm³/mol. The molecule has 1 fully saturated rings. The Labute approximate surface area is 221 Å². The number of hydrogen-bond acceptors (Lipinski definition) is 7. The number of aliphatic hydroxyl groups excluding tert-OH is 2. The Morgan fingerprint density at radius 1 is 1.14 bits per heavy atom. The van der Waals surface area contributed by atoms with Crippen molar-refractivity contribution in [2.45, 2.75) is 57.5 Å². The average Bonchev–Trinajstić information content (AvgIpc) is 2.88. The first kappa shape index (κ1) is 30.9. The molecule has 0 bridgehead atoms. The molecule has 1 heterocycles. The number of methoxy groups -OCH3 is 2. The molecule has 0 unspecified atom stereocenters. The molecule has 4 atom stereocenters. The number of carbonyl (C=O) groups is 2. The lowest BCUT2D eigenvalue weighted by molar-refractivity contribution is -0.145. The first-order valence-corrected chi connectivity index (χ1v) is 13.0. The van der Waals surface area contributed by atoms with Crippen LogP contribution in [0.5, 0.6) is 0 Å². The normalized spacial score (nSPS) is 24.8. The monoisotopic (exact) mass is 520 g/mol. The number of benzene rings is 1. The molecule has 0 radical (unpaired) electrons. The van der Waals surface area contributed by atoms with Crippen molar-refractivity contribution in [3.8, 4) is 0 Å². The molecule has 2 N–H and O–H groups in total. The van der Waals surface area contributed by atoms with Crippen molar-refractivity contribution in [1.82, 2.24) is 9.80 Å². The van der Waals surface area contributed by atoms with Crippen LogP contribution in [0, 0.1) is 5.92 Å². The highest BCUT2D eigenvalue weighted by molar-refractivity contribution is 5.92. The van der Waals surface area contributed by atoms with Gasteiger partial charge in [0.05, 0.1) is 6.61 Å². The Balaban J connectivity index is 2.40. The summed E-state index contributed by atoms with van der Waals surface area (Å²) < 4.78 is 16.2. The minimum absolute atomic E-state index is 0.0351. The van der Waals surface area contributed by atoms with Crippen LogP contribution in [0.1, 0.15) is 38.7 Å². The van der Waals surface area contributed by atoms with E-state index in [2.05, 4.69) is 13.8 Å². The van der Waals surface area contributed by atoms with Crippen molar-refractivity contribution in [2.24, 2.45) is 5.92 Å². The van der Waals surface area contributed by atoms with Gasteiger partial charge in [-0.2, -0.15) is 0 Å². The third-order valence-corrected chi connectivity index (χ3v) is 6.44. The lowest BCUT2D eigenvalue weighted by Crippen LogP contribution is -2.54. The van der Waals surface area contributed by atoms with Crippen LogP contribution in [0.15, 0.2) is 36.4 Å². The van der Waals surface area contributed by atoms with Gasteiger partial charge in [-0.3, -0.25) is 9.59 Å². The summed E-state index contributed by atoms with van der Waals surface area (Å²) in [4.78, 5) is 30.0. The van der Waals surface area contributed by atoms with Gasteiger partial charge in [-0.15, -0.1) is 0 Å². The predicted octanol–water partition coefficient (Wildman–Crippen LogP) is 1.97. The molecule has 0 aliphatic carbocycles. The van der Waals surface area contributed by atoms with E-state index in [1.807, 2.05) is 35.2 Å². The molecule has 0 saturated carbocycles. The van der Waals surface area contributed by atoms with E-state index < -0.39 is 18.3 Å². The van der Waals surface area contributed by atoms with E-state index in [0.29, 0.717) is 32.4 Å². The molecule has 1 aliphatic rings. The van der Waals surface area contributed by atoms with Crippen molar-refractivity contribution in [3.63, 3.8) is 0 Å². The highest BCUT2D eigenvalue weighted by atomic mass is 16.5. The van der Waals surface area contributed by atoms with E-state index in [1.165, 1.54) is 14.2 Å². The molecular formula is C28H44N2O7. The minimum atomic E-state index is -1.25. The quantitative estimate of drug-likeness (QED) is 0.529. The smallest absolute Gasteiger partial charge is 0.248 e. The van der Waals surface area contributed by atoms with Gasteiger partial charge in [0.1, 0.15) is 24.9 Å². The van der Waals surface area contributed by atoms with Gasteiger partial charge in [-0.05, 0) is 36.8 Å². The van der Waals surface area contributed by atoms with Gasteiger partial charge in [0, 0.05) is 52.6 Å². The molecule has 1 aliphatic heterocycles. The maximum absolute atomic E-state index is 13.5. The molecule has 2 rings (SSSR count). The van der Waals surface area contributed by atoms with Gasteiger partial charge in [0.25, 0.3) is 0 Å². The number of amides is 2. The van der Waals surface area contributed by atoms with Crippen molar-refractivity contribution in [2.75, 3.05) is 53.7 Å². The molecular weight excluding hydrogens is 476 g/mol. The Morgan fingerprint density at radius 3 is 2.51 bits per heavy atom. The second-order valence-corrected chi connectivity index (χ2v) is 9.90. The summed E-state index contributed by atoms with van der Waals surface area (Å²) in [6, 6.07) is 9.37. The molecule has 208 valence electrons. The number of aliphatic hydroxyl groups is 2. The van der Waals surface area contributed by atoms with Gasteiger partial charge in [0.2, 0.25) is 11.8 Å². The second kappa shape index (κ2) is 16.5. The van der Waals surface area contributed by atoms with Gasteiger partial charge in [0.15, 0.2) is 0 Å². The van der Waals surface area contributed by atoms with Crippen LogP contribution in [0.2, 0.25) is 0 Å². The SMILES string of the molecule is COCC(=O)N1C[C@H](CC(C)C)N(C(=O)/C=C/c2ccccc2)CCCCOC[C@@H](O)[C@@H](O)[C@H](OC)C1. The first-order chi connectivity index (χ1) is 17.8. The highest BCUT2D eigenvalue weighted by Gasteiger charge is 2.33. The number of nitrogens with zero attached hydrogens (tertiary/aromatic N) is 2. The van der Waals surface area contributed by atoms with E-state index >= 15 is 0 Å². The molecule has 1 saturated heterocycles. The summed E-state index contributed by atoms with van der Waals surface area (Å²) >= 11 is 0. The summed E-state index contributed by atoms with van der Waals surface area (Å²) in [5.41, 5.74) is 0.930. The van der Waals surface area contributed by atoms with E-state index in [4.69, 9.17) is 14.2 Å². The van der Waals surface area contributed by atoms with E-state index in [-0.39, 0.29) is 50.1 Å². The zero-order valence-corrected chi connectivity index (χ0v) is 22.6. The van der Waals surface area contributed by atoms with Gasteiger partial charge < -0.3 is 34.2 Å². The average molecular weight is 521 g/mol. The number of carbonyl (C=O) groups excluding carboxylic acids is 2. The summed E-state index contributed by atoms with van der Waals surface area (Å²) in [6.07, 6.45) is 2.21. The zero-order valence-electron chi connectivity index (χ0n) is 22.6. The molecule has 9 heteroatoms. The third-order valence-electron chi connectivity index (χ3n) is 6.44. The molecule has 37 heavy (non-hydrogen) atoms. The highest BCUT2D eigenvalue weighted by Crippen LogP contribution is 2.18. The lowest BCUT2D eigenvalue weighted by Gasteiger charge is -2.38. The topological polar surface area (TPSA) is 109 Å². The molecule has 1 aromatic rings. The number of rotatable bonds is 7. The Morgan fingerprint density at radius 2 is 1.86 bits per heavy atom. The largest absolute Gasteiger partial charge is 0.388 e. The van der Waals surface area contributed by atoms with Crippen molar-refractivity contribution in [1.29, 1.82) is 0 Å². The summed E-state index contributed by atoms with van der Waals surface area (Å²) in [5.74, 6) is -0.137. The van der Waals surface area contributed by atoms with Crippen LogP contribution in [0.3, 0.4) is 0 Å². The standard InChI is InChI=1S/C28H44N2O7/c1-21(2)16-23-17-29(27(33)20-35-3)18-25(36-4)28(34)24(31)19-37-15-9-8-14-30(23)26(32)13-12-22-10-6-5-7-11-22/h5-7,10-13,21,23-25,28,31,34H,8-9,14-20H2,1-4H3/b13-12+/t23-,24+,25+,28+/m0/s1. The van der Waals surface area contributed by atoms with Crippen molar-refractivity contribution >= 4 is 17.9 Å². The Bertz CT molecular complexity index is 833.